The summed E-state index contributed by atoms with van der Waals surface area (Å²) in [6.45, 7) is 2.04. The van der Waals surface area contributed by atoms with Crippen molar-refractivity contribution < 1.29 is 14.3 Å². The van der Waals surface area contributed by atoms with E-state index >= 15 is 0 Å². The van der Waals surface area contributed by atoms with E-state index in [1.54, 1.807) is 14.0 Å². The summed E-state index contributed by atoms with van der Waals surface area (Å²) in [7, 11) is 1.59. The fourth-order valence-corrected chi connectivity index (χ4v) is 1.49. The van der Waals surface area contributed by atoms with E-state index in [4.69, 9.17) is 9.47 Å². The van der Waals surface area contributed by atoms with E-state index in [0.29, 0.717) is 18.2 Å². The summed E-state index contributed by atoms with van der Waals surface area (Å²) < 4.78 is 9.85. The zero-order valence-electron chi connectivity index (χ0n) is 10.1. The van der Waals surface area contributed by atoms with E-state index < -0.39 is 6.09 Å². The molecule has 96 valence electrons. The Balaban J connectivity index is 2.15. The van der Waals surface area contributed by atoms with Gasteiger partial charge in [-0.1, -0.05) is 0 Å². The number of amides is 1. The predicted octanol–water partition coefficient (Wildman–Crippen LogP) is 1.64. The highest BCUT2D eigenvalue weighted by atomic mass is 16.5. The van der Waals surface area contributed by atoms with Crippen LogP contribution >= 0.6 is 0 Å². The van der Waals surface area contributed by atoms with Crippen molar-refractivity contribution >= 4 is 22.8 Å². The number of carbonyl (C=O) groups is 1. The zero-order chi connectivity index (χ0) is 13.0. The number of methoxy groups -OCH3 is 1. The molecule has 0 fully saturated rings. The minimum atomic E-state index is -0.559. The third kappa shape index (κ3) is 2.45. The molecule has 0 atom stereocenters. The van der Waals surface area contributed by atoms with Gasteiger partial charge in [0.05, 0.1) is 19.2 Å². The molecule has 7 nitrogen and oxygen atoms in total. The van der Waals surface area contributed by atoms with Crippen molar-refractivity contribution in [2.24, 2.45) is 0 Å². The fraction of sp³-hybridized carbons (Fsp3) is 0.273. The van der Waals surface area contributed by atoms with Gasteiger partial charge < -0.3 is 9.47 Å². The highest BCUT2D eigenvalue weighted by Gasteiger charge is 2.07. The van der Waals surface area contributed by atoms with E-state index in [1.807, 2.05) is 18.2 Å². The minimum Gasteiger partial charge on any atom is -0.497 e. The number of hydrogen-bond donors (Lipinski definition) is 3. The summed E-state index contributed by atoms with van der Waals surface area (Å²) >= 11 is 0. The molecule has 3 N–H and O–H groups in total. The first-order valence-electron chi connectivity index (χ1n) is 5.45. The monoisotopic (exact) mass is 250 g/mol. The topological polar surface area (TPSA) is 88.3 Å². The van der Waals surface area contributed by atoms with Crippen LogP contribution in [0.4, 0.5) is 10.6 Å². The molecule has 1 aromatic heterocycles. The molecule has 0 bridgehead atoms. The van der Waals surface area contributed by atoms with Crippen LogP contribution in [0.1, 0.15) is 6.92 Å². The lowest BCUT2D eigenvalue weighted by molar-refractivity contribution is 0.154. The molecule has 0 spiro atoms. The molecule has 0 saturated carbocycles. The van der Waals surface area contributed by atoms with Gasteiger partial charge in [0, 0.05) is 5.39 Å². The zero-order valence-corrected chi connectivity index (χ0v) is 10.1. The predicted molar refractivity (Wildman–Crippen MR) is 66.4 cm³/mol. The number of anilines is 1. The first-order valence-corrected chi connectivity index (χ1v) is 5.45. The molecule has 1 aromatic carbocycles. The second-order valence-electron chi connectivity index (χ2n) is 3.45. The van der Waals surface area contributed by atoms with E-state index in [9.17, 15) is 4.79 Å². The van der Waals surface area contributed by atoms with Gasteiger partial charge in [-0.3, -0.25) is 10.5 Å². The van der Waals surface area contributed by atoms with Gasteiger partial charge in [-0.05, 0) is 25.1 Å². The number of carbonyl (C=O) groups excluding carboxylic acids is 1. The number of aromatic nitrogens is 2. The van der Waals surface area contributed by atoms with Gasteiger partial charge in [-0.25, -0.2) is 10.2 Å². The lowest BCUT2D eigenvalue weighted by atomic mass is 10.2. The number of H-pyrrole nitrogens is 1. The van der Waals surface area contributed by atoms with Crippen LogP contribution in [0.15, 0.2) is 18.2 Å². The Morgan fingerprint density at radius 2 is 2.33 bits per heavy atom. The normalized spacial score (nSPS) is 10.1. The van der Waals surface area contributed by atoms with Gasteiger partial charge >= 0.3 is 6.09 Å². The van der Waals surface area contributed by atoms with Crippen molar-refractivity contribution in [3.05, 3.63) is 18.2 Å². The standard InChI is InChI=1S/C11H14N4O3/c1-3-18-11(16)15-14-10-8-6-7(17-2)4-5-9(8)12-13-10/h4-6H,3H2,1-2H3,(H,15,16)(H2,12,13,14). The van der Waals surface area contributed by atoms with Crippen molar-refractivity contribution in [1.29, 1.82) is 0 Å². The molecule has 1 amide bonds. The largest absolute Gasteiger partial charge is 0.497 e. The molecule has 2 aromatic rings. The SMILES string of the molecule is CCOC(=O)NNc1n[nH]c2ccc(OC)cc12. The van der Waals surface area contributed by atoms with Crippen molar-refractivity contribution in [1.82, 2.24) is 15.6 Å². The van der Waals surface area contributed by atoms with Gasteiger partial charge in [0.25, 0.3) is 0 Å². The van der Waals surface area contributed by atoms with Crippen LogP contribution in [0.25, 0.3) is 10.9 Å². The molecule has 1 heterocycles. The summed E-state index contributed by atoms with van der Waals surface area (Å²) in [5.41, 5.74) is 5.90. The van der Waals surface area contributed by atoms with E-state index in [2.05, 4.69) is 21.0 Å². The Bertz CT molecular complexity index is 552. The first-order chi connectivity index (χ1) is 8.74. The maximum absolute atomic E-state index is 11.1. The number of hydrogen-bond acceptors (Lipinski definition) is 5. The van der Waals surface area contributed by atoms with E-state index in [1.165, 1.54) is 0 Å². The van der Waals surface area contributed by atoms with Crippen molar-refractivity contribution in [3.8, 4) is 5.75 Å². The summed E-state index contributed by atoms with van der Waals surface area (Å²) in [6.07, 6.45) is -0.559. The van der Waals surface area contributed by atoms with Crippen LogP contribution in [0.5, 0.6) is 5.75 Å². The Hall–Kier alpha value is -2.44. The van der Waals surface area contributed by atoms with Gasteiger partial charge in [0.15, 0.2) is 5.82 Å². The number of benzene rings is 1. The fourth-order valence-electron chi connectivity index (χ4n) is 1.49. The number of fused-ring (bicyclic) bond motifs is 1. The van der Waals surface area contributed by atoms with Crippen LogP contribution < -0.4 is 15.6 Å². The van der Waals surface area contributed by atoms with E-state index in [0.717, 1.165) is 10.9 Å². The lowest BCUT2D eigenvalue weighted by Gasteiger charge is -2.06. The average molecular weight is 250 g/mol. The van der Waals surface area contributed by atoms with Crippen LogP contribution in [0.2, 0.25) is 0 Å². The molecule has 2 rings (SSSR count). The molecule has 0 radical (unpaired) electrons. The molecule has 0 aliphatic heterocycles. The second kappa shape index (κ2) is 5.26. The number of ether oxygens (including phenoxy) is 2. The second-order valence-corrected chi connectivity index (χ2v) is 3.45. The van der Waals surface area contributed by atoms with Crippen molar-refractivity contribution in [3.63, 3.8) is 0 Å². The Kier molecular flexibility index (Phi) is 3.52. The van der Waals surface area contributed by atoms with Crippen LogP contribution in [-0.4, -0.2) is 30.0 Å². The van der Waals surface area contributed by atoms with Gasteiger partial charge in [-0.15, -0.1) is 0 Å². The van der Waals surface area contributed by atoms with Gasteiger partial charge in [-0.2, -0.15) is 5.10 Å². The van der Waals surface area contributed by atoms with Crippen molar-refractivity contribution in [2.75, 3.05) is 19.1 Å². The third-order valence-electron chi connectivity index (χ3n) is 2.33. The molecule has 0 aliphatic rings. The average Bonchev–Trinajstić information content (AvgIpc) is 2.79. The number of rotatable bonds is 4. The molecule has 7 heteroatoms. The maximum Gasteiger partial charge on any atom is 0.425 e. The Morgan fingerprint density at radius 1 is 1.50 bits per heavy atom. The molecular formula is C11H14N4O3. The summed E-state index contributed by atoms with van der Waals surface area (Å²) in [5, 5.41) is 7.69. The Labute approximate surface area is 103 Å². The summed E-state index contributed by atoms with van der Waals surface area (Å²) in [4.78, 5) is 11.1. The molecule has 18 heavy (non-hydrogen) atoms. The Morgan fingerprint density at radius 3 is 3.06 bits per heavy atom. The first kappa shape index (κ1) is 12.0. The van der Waals surface area contributed by atoms with Crippen LogP contribution in [0, 0.1) is 0 Å². The number of hydrazine groups is 1. The van der Waals surface area contributed by atoms with E-state index in [-0.39, 0.29) is 0 Å². The lowest BCUT2D eigenvalue weighted by Crippen LogP contribution is -2.30. The molecule has 0 unspecified atom stereocenters. The highest BCUT2D eigenvalue weighted by Crippen LogP contribution is 2.24. The number of aromatic amines is 1. The van der Waals surface area contributed by atoms with Crippen LogP contribution in [0.3, 0.4) is 0 Å². The van der Waals surface area contributed by atoms with Crippen molar-refractivity contribution in [2.45, 2.75) is 6.92 Å². The van der Waals surface area contributed by atoms with Gasteiger partial charge in [0.2, 0.25) is 0 Å². The third-order valence-corrected chi connectivity index (χ3v) is 2.33. The van der Waals surface area contributed by atoms with Gasteiger partial charge in [0.1, 0.15) is 5.75 Å². The number of nitrogens with one attached hydrogen (secondary N) is 3. The minimum absolute atomic E-state index is 0.308. The summed E-state index contributed by atoms with van der Waals surface area (Å²) in [5.74, 6) is 1.21. The number of nitrogens with zero attached hydrogens (tertiary/aromatic N) is 1. The summed E-state index contributed by atoms with van der Waals surface area (Å²) in [6, 6.07) is 5.48. The quantitative estimate of drug-likeness (QED) is 0.718. The smallest absolute Gasteiger partial charge is 0.425 e. The maximum atomic E-state index is 11.1. The van der Waals surface area contributed by atoms with Crippen LogP contribution in [-0.2, 0) is 4.74 Å². The highest BCUT2D eigenvalue weighted by molar-refractivity contribution is 5.91. The molecular weight excluding hydrogens is 236 g/mol. The molecule has 0 saturated heterocycles. The molecule has 0 aliphatic carbocycles.